The molecule has 0 aliphatic rings. The molecule has 0 saturated heterocycles. The summed E-state index contributed by atoms with van der Waals surface area (Å²) in [5, 5.41) is 12.6. The monoisotopic (exact) mass is 471 g/mol. The van der Waals surface area contributed by atoms with Crippen molar-refractivity contribution in [3.63, 3.8) is 0 Å². The van der Waals surface area contributed by atoms with Crippen molar-refractivity contribution in [2.45, 2.75) is 25.1 Å². The van der Waals surface area contributed by atoms with Crippen molar-refractivity contribution in [3.8, 4) is 11.5 Å². The van der Waals surface area contributed by atoms with Crippen LogP contribution >= 0.6 is 11.8 Å². The van der Waals surface area contributed by atoms with Gasteiger partial charge in [-0.15, -0.1) is 0 Å². The van der Waals surface area contributed by atoms with E-state index in [1.54, 1.807) is 19.1 Å². The van der Waals surface area contributed by atoms with Crippen LogP contribution in [0.25, 0.3) is 11.0 Å². The lowest BCUT2D eigenvalue weighted by atomic mass is 10.0. The number of methoxy groups -OCH3 is 2. The van der Waals surface area contributed by atoms with Crippen molar-refractivity contribution >= 4 is 34.6 Å². The van der Waals surface area contributed by atoms with Gasteiger partial charge in [-0.05, 0) is 18.1 Å². The van der Waals surface area contributed by atoms with E-state index in [9.17, 15) is 19.5 Å². The fourth-order valence-electron chi connectivity index (χ4n) is 3.41. The SMILES string of the molecule is COc1cc(OC)c2c(C)c(CC(=O)N[C@@H](CSCc3ccccc3)C(=O)O)c(=O)oc2c1. The van der Waals surface area contributed by atoms with Gasteiger partial charge in [0.15, 0.2) is 0 Å². The summed E-state index contributed by atoms with van der Waals surface area (Å²) >= 11 is 1.40. The zero-order valence-electron chi connectivity index (χ0n) is 18.5. The van der Waals surface area contributed by atoms with Crippen LogP contribution < -0.4 is 20.4 Å². The number of hydrogen-bond donors (Lipinski definition) is 2. The van der Waals surface area contributed by atoms with Gasteiger partial charge in [-0.1, -0.05) is 30.3 Å². The summed E-state index contributed by atoms with van der Waals surface area (Å²) in [5.41, 5.74) is 1.34. The molecule has 0 aliphatic carbocycles. The summed E-state index contributed by atoms with van der Waals surface area (Å²) in [6, 6.07) is 11.8. The lowest BCUT2D eigenvalue weighted by Gasteiger charge is -2.15. The molecule has 33 heavy (non-hydrogen) atoms. The Morgan fingerprint density at radius 1 is 1.15 bits per heavy atom. The molecule has 0 aliphatic heterocycles. The Morgan fingerprint density at radius 2 is 1.88 bits per heavy atom. The molecule has 9 heteroatoms. The molecule has 1 atom stereocenters. The number of hydrogen-bond acceptors (Lipinski definition) is 7. The summed E-state index contributed by atoms with van der Waals surface area (Å²) in [6.45, 7) is 1.70. The summed E-state index contributed by atoms with van der Waals surface area (Å²) in [5.74, 6) is -0.00555. The number of carbonyl (C=O) groups is 2. The van der Waals surface area contributed by atoms with Crippen molar-refractivity contribution in [1.82, 2.24) is 5.32 Å². The molecule has 0 bridgehead atoms. The van der Waals surface area contributed by atoms with Crippen LogP contribution in [0.2, 0.25) is 0 Å². The van der Waals surface area contributed by atoms with E-state index >= 15 is 0 Å². The molecule has 8 nitrogen and oxygen atoms in total. The molecule has 0 spiro atoms. The van der Waals surface area contributed by atoms with Crippen LogP contribution in [0, 0.1) is 6.92 Å². The fourth-order valence-corrected chi connectivity index (χ4v) is 4.42. The first kappa shape index (κ1) is 24.2. The average Bonchev–Trinajstić information content (AvgIpc) is 2.80. The fraction of sp³-hybridized carbons (Fsp3) is 0.292. The molecule has 174 valence electrons. The second kappa shape index (κ2) is 10.9. The van der Waals surface area contributed by atoms with Crippen molar-refractivity contribution in [1.29, 1.82) is 0 Å². The zero-order chi connectivity index (χ0) is 24.0. The van der Waals surface area contributed by atoms with E-state index < -0.39 is 23.5 Å². The van der Waals surface area contributed by atoms with Crippen LogP contribution in [0.3, 0.4) is 0 Å². The molecule has 2 N–H and O–H groups in total. The minimum atomic E-state index is -1.14. The number of aliphatic carboxylic acids is 1. The molecule has 3 aromatic rings. The van der Waals surface area contributed by atoms with Gasteiger partial charge in [0, 0.05) is 23.6 Å². The Bertz CT molecular complexity index is 1210. The van der Waals surface area contributed by atoms with Crippen molar-refractivity contribution < 1.29 is 28.6 Å². The topological polar surface area (TPSA) is 115 Å². The molecular weight excluding hydrogens is 446 g/mol. The van der Waals surface area contributed by atoms with E-state index in [1.165, 1.54) is 26.0 Å². The number of rotatable bonds is 10. The van der Waals surface area contributed by atoms with Crippen molar-refractivity contribution in [2.75, 3.05) is 20.0 Å². The van der Waals surface area contributed by atoms with Crippen LogP contribution in [0.4, 0.5) is 0 Å². The first-order chi connectivity index (χ1) is 15.8. The molecule has 0 fully saturated rings. The number of thioether (sulfide) groups is 1. The van der Waals surface area contributed by atoms with E-state index in [4.69, 9.17) is 13.9 Å². The number of fused-ring (bicyclic) bond motifs is 1. The number of benzene rings is 2. The molecule has 0 saturated carbocycles. The Balaban J connectivity index is 1.75. The van der Waals surface area contributed by atoms with Gasteiger partial charge in [0.05, 0.1) is 31.6 Å². The third-order valence-corrected chi connectivity index (χ3v) is 6.25. The van der Waals surface area contributed by atoms with Crippen molar-refractivity contribution in [2.24, 2.45) is 0 Å². The number of carbonyl (C=O) groups excluding carboxylic acids is 1. The summed E-state index contributed by atoms with van der Waals surface area (Å²) in [4.78, 5) is 36.9. The smallest absolute Gasteiger partial charge is 0.340 e. The normalized spacial score (nSPS) is 11.7. The van der Waals surface area contributed by atoms with E-state index in [0.717, 1.165) is 5.56 Å². The number of carboxylic acid groups (broad SMARTS) is 1. The summed E-state index contributed by atoms with van der Waals surface area (Å²) < 4.78 is 16.0. The maximum atomic E-state index is 12.6. The van der Waals surface area contributed by atoms with Gasteiger partial charge >= 0.3 is 11.6 Å². The maximum Gasteiger partial charge on any atom is 0.340 e. The third kappa shape index (κ3) is 5.87. The molecule has 1 heterocycles. The number of carboxylic acids is 1. The molecule has 1 amide bonds. The first-order valence-electron chi connectivity index (χ1n) is 10.2. The molecule has 1 aromatic heterocycles. The minimum Gasteiger partial charge on any atom is -0.496 e. The minimum absolute atomic E-state index is 0.143. The van der Waals surface area contributed by atoms with Gasteiger partial charge in [-0.25, -0.2) is 9.59 Å². The second-order valence-corrected chi connectivity index (χ2v) is 8.36. The molecule has 3 rings (SSSR count). The highest BCUT2D eigenvalue weighted by molar-refractivity contribution is 7.98. The highest BCUT2D eigenvalue weighted by atomic mass is 32.2. The average molecular weight is 472 g/mol. The molecule has 0 unspecified atom stereocenters. The van der Waals surface area contributed by atoms with Crippen LogP contribution in [0.1, 0.15) is 16.7 Å². The molecule has 2 aromatic carbocycles. The lowest BCUT2D eigenvalue weighted by molar-refractivity contribution is -0.141. The third-order valence-electron chi connectivity index (χ3n) is 5.14. The Morgan fingerprint density at radius 3 is 2.52 bits per heavy atom. The van der Waals surface area contributed by atoms with Gasteiger partial charge in [0.25, 0.3) is 0 Å². The Hall–Kier alpha value is -3.46. The van der Waals surface area contributed by atoms with Gasteiger partial charge in [-0.2, -0.15) is 11.8 Å². The number of amides is 1. The Labute approximate surface area is 194 Å². The van der Waals surface area contributed by atoms with Gasteiger partial charge in [-0.3, -0.25) is 4.79 Å². The number of ether oxygens (including phenoxy) is 2. The Kier molecular flexibility index (Phi) is 8.00. The highest BCUT2D eigenvalue weighted by Crippen LogP contribution is 2.33. The van der Waals surface area contributed by atoms with Crippen LogP contribution in [-0.2, 0) is 21.8 Å². The highest BCUT2D eigenvalue weighted by Gasteiger charge is 2.23. The number of nitrogens with one attached hydrogen (secondary N) is 1. The maximum absolute atomic E-state index is 12.6. The predicted molar refractivity (Wildman–Crippen MR) is 126 cm³/mol. The number of aryl methyl sites for hydroxylation is 1. The quantitative estimate of drug-likeness (QED) is 0.433. The standard InChI is InChI=1S/C24H25NO7S/c1-14-17(24(29)32-20-10-16(30-2)9-19(31-3)22(14)20)11-21(26)25-18(23(27)28)13-33-12-15-7-5-4-6-8-15/h4-10,18H,11-13H2,1-3H3,(H,25,26)(H,27,28)/t18-/m0/s1. The zero-order valence-corrected chi connectivity index (χ0v) is 19.4. The second-order valence-electron chi connectivity index (χ2n) is 7.33. The predicted octanol–water partition coefficient (Wildman–Crippen LogP) is 3.16. The first-order valence-corrected chi connectivity index (χ1v) is 11.3. The van der Waals surface area contributed by atoms with Gasteiger partial charge in [0.2, 0.25) is 5.91 Å². The van der Waals surface area contributed by atoms with E-state index in [2.05, 4.69) is 5.32 Å². The molecular formula is C24H25NO7S. The lowest BCUT2D eigenvalue weighted by Crippen LogP contribution is -2.43. The summed E-state index contributed by atoms with van der Waals surface area (Å²) in [6.07, 6.45) is -0.313. The summed E-state index contributed by atoms with van der Waals surface area (Å²) in [7, 11) is 2.97. The van der Waals surface area contributed by atoms with Gasteiger partial charge in [0.1, 0.15) is 23.1 Å². The van der Waals surface area contributed by atoms with Gasteiger partial charge < -0.3 is 24.3 Å². The largest absolute Gasteiger partial charge is 0.496 e. The van der Waals surface area contributed by atoms with E-state index in [1.807, 2.05) is 30.3 Å². The molecule has 0 radical (unpaired) electrons. The van der Waals surface area contributed by atoms with Crippen LogP contribution in [-0.4, -0.2) is 43.0 Å². The van der Waals surface area contributed by atoms with Crippen LogP contribution in [0.15, 0.2) is 51.7 Å². The van der Waals surface area contributed by atoms with Crippen LogP contribution in [0.5, 0.6) is 11.5 Å². The van der Waals surface area contributed by atoms with E-state index in [-0.39, 0.29) is 23.3 Å². The van der Waals surface area contributed by atoms with Crippen molar-refractivity contribution in [3.05, 3.63) is 69.6 Å². The van der Waals surface area contributed by atoms with E-state index in [0.29, 0.717) is 28.2 Å².